The number of fused-ring (bicyclic) bond motifs is 1. The standard InChI is InChI=1S/C8H9N5O3/c1-11-5-4(9-7(11)10-16)6(14)13(3)8(15)12(5)2/h1-3H3. The van der Waals surface area contributed by atoms with Crippen molar-refractivity contribution >= 4 is 17.1 Å². The minimum Gasteiger partial charge on any atom is -0.295 e. The van der Waals surface area contributed by atoms with Crippen LogP contribution in [0, 0.1) is 4.91 Å². The van der Waals surface area contributed by atoms with Crippen LogP contribution in [0.1, 0.15) is 0 Å². The minimum atomic E-state index is -0.538. The number of nitrogens with zero attached hydrogens (tertiary/aromatic N) is 5. The average Bonchev–Trinajstić information content (AvgIpc) is 2.61. The van der Waals surface area contributed by atoms with E-state index >= 15 is 0 Å². The van der Waals surface area contributed by atoms with E-state index in [-0.39, 0.29) is 17.1 Å². The number of aromatic nitrogens is 4. The maximum Gasteiger partial charge on any atom is 0.332 e. The van der Waals surface area contributed by atoms with Crippen molar-refractivity contribution < 1.29 is 0 Å². The van der Waals surface area contributed by atoms with E-state index in [9.17, 15) is 14.5 Å². The molecule has 0 fully saturated rings. The number of imidazole rings is 1. The van der Waals surface area contributed by atoms with Crippen molar-refractivity contribution in [3.8, 4) is 0 Å². The van der Waals surface area contributed by atoms with Crippen LogP contribution in [-0.2, 0) is 21.1 Å². The van der Waals surface area contributed by atoms with Crippen molar-refractivity contribution in [2.45, 2.75) is 0 Å². The lowest BCUT2D eigenvalue weighted by atomic mass is 10.5. The van der Waals surface area contributed by atoms with Gasteiger partial charge in [-0.05, 0) is 0 Å². The van der Waals surface area contributed by atoms with E-state index in [1.54, 1.807) is 0 Å². The summed E-state index contributed by atoms with van der Waals surface area (Å²) in [6, 6.07) is 0. The Morgan fingerprint density at radius 2 is 1.69 bits per heavy atom. The van der Waals surface area contributed by atoms with Gasteiger partial charge in [0.1, 0.15) is 0 Å². The van der Waals surface area contributed by atoms with Crippen LogP contribution in [0.4, 0.5) is 5.95 Å². The maximum atomic E-state index is 11.7. The molecule has 0 amide bonds. The van der Waals surface area contributed by atoms with E-state index in [0.29, 0.717) is 0 Å². The first-order valence-electron chi connectivity index (χ1n) is 4.44. The molecule has 0 bridgehead atoms. The quantitative estimate of drug-likeness (QED) is 0.602. The van der Waals surface area contributed by atoms with E-state index in [2.05, 4.69) is 10.2 Å². The lowest BCUT2D eigenvalue weighted by molar-refractivity contribution is 0.698. The van der Waals surface area contributed by atoms with Gasteiger partial charge in [0.05, 0.1) is 0 Å². The highest BCUT2D eigenvalue weighted by atomic mass is 16.3. The third kappa shape index (κ3) is 1.06. The summed E-state index contributed by atoms with van der Waals surface area (Å²) in [5.41, 5.74) is -0.675. The van der Waals surface area contributed by atoms with Crippen LogP contribution in [0.3, 0.4) is 0 Å². The lowest BCUT2D eigenvalue weighted by Gasteiger charge is -2.04. The predicted molar refractivity (Wildman–Crippen MR) is 56.7 cm³/mol. The molecule has 8 nitrogen and oxygen atoms in total. The highest BCUT2D eigenvalue weighted by Gasteiger charge is 2.16. The van der Waals surface area contributed by atoms with E-state index in [1.165, 1.54) is 30.3 Å². The summed E-state index contributed by atoms with van der Waals surface area (Å²) in [5.74, 6) is -0.131. The number of nitroso groups, excluding NO2 is 1. The zero-order valence-corrected chi connectivity index (χ0v) is 8.96. The SMILES string of the molecule is Cn1c(=O)c2nc(N=O)n(C)c2n(C)c1=O. The zero-order valence-electron chi connectivity index (χ0n) is 8.96. The van der Waals surface area contributed by atoms with Gasteiger partial charge in [-0.3, -0.25) is 18.5 Å². The van der Waals surface area contributed by atoms with Gasteiger partial charge in [0, 0.05) is 26.3 Å². The summed E-state index contributed by atoms with van der Waals surface area (Å²) >= 11 is 0. The Morgan fingerprint density at radius 1 is 1.06 bits per heavy atom. The van der Waals surface area contributed by atoms with E-state index in [0.717, 1.165) is 4.57 Å². The Labute approximate surface area is 88.7 Å². The van der Waals surface area contributed by atoms with Crippen LogP contribution in [0.2, 0.25) is 0 Å². The first-order valence-corrected chi connectivity index (χ1v) is 4.44. The number of aryl methyl sites for hydroxylation is 2. The summed E-state index contributed by atoms with van der Waals surface area (Å²) in [6.07, 6.45) is 0. The monoisotopic (exact) mass is 223 g/mol. The molecular weight excluding hydrogens is 214 g/mol. The van der Waals surface area contributed by atoms with Crippen LogP contribution >= 0.6 is 0 Å². The number of hydrogen-bond acceptors (Lipinski definition) is 5. The number of rotatable bonds is 1. The van der Waals surface area contributed by atoms with E-state index in [1.807, 2.05) is 0 Å². The molecule has 16 heavy (non-hydrogen) atoms. The Morgan fingerprint density at radius 3 is 2.25 bits per heavy atom. The molecule has 0 aromatic carbocycles. The second-order valence-electron chi connectivity index (χ2n) is 3.44. The van der Waals surface area contributed by atoms with Crippen LogP contribution in [-0.4, -0.2) is 18.7 Å². The molecule has 8 heteroatoms. The molecule has 84 valence electrons. The Bertz CT molecular complexity index is 705. The molecule has 0 atom stereocenters. The van der Waals surface area contributed by atoms with Gasteiger partial charge in [0.2, 0.25) is 0 Å². The molecule has 2 aromatic heterocycles. The molecule has 0 spiro atoms. The van der Waals surface area contributed by atoms with Crippen LogP contribution in [0.5, 0.6) is 0 Å². The third-order valence-corrected chi connectivity index (χ3v) is 2.52. The molecule has 0 radical (unpaired) electrons. The normalized spacial score (nSPS) is 10.9. The molecule has 0 saturated carbocycles. The lowest BCUT2D eigenvalue weighted by Crippen LogP contribution is -2.37. The van der Waals surface area contributed by atoms with Crippen molar-refractivity contribution in [3.63, 3.8) is 0 Å². The fourth-order valence-electron chi connectivity index (χ4n) is 1.65. The molecule has 2 rings (SSSR count). The predicted octanol–water partition coefficient (Wildman–Crippen LogP) is -0.631. The maximum absolute atomic E-state index is 11.7. The second kappa shape index (κ2) is 3.12. The molecule has 2 aromatic rings. The molecule has 0 aliphatic carbocycles. The molecule has 0 unspecified atom stereocenters. The second-order valence-corrected chi connectivity index (χ2v) is 3.44. The Balaban J connectivity index is 3.19. The third-order valence-electron chi connectivity index (χ3n) is 2.52. The van der Waals surface area contributed by atoms with Gasteiger partial charge in [-0.15, -0.1) is 4.91 Å². The van der Waals surface area contributed by atoms with Gasteiger partial charge in [0.15, 0.2) is 11.2 Å². The molecule has 0 aliphatic heterocycles. The minimum absolute atomic E-state index is 0.0571. The van der Waals surface area contributed by atoms with E-state index < -0.39 is 11.2 Å². The summed E-state index contributed by atoms with van der Waals surface area (Å²) in [5, 5.41) is 2.69. The molecular formula is C8H9N5O3. The molecule has 0 aliphatic rings. The van der Waals surface area contributed by atoms with Gasteiger partial charge >= 0.3 is 5.69 Å². The highest BCUT2D eigenvalue weighted by Crippen LogP contribution is 2.15. The highest BCUT2D eigenvalue weighted by molar-refractivity contribution is 5.73. The smallest absolute Gasteiger partial charge is 0.295 e. The van der Waals surface area contributed by atoms with Crippen LogP contribution in [0.15, 0.2) is 14.8 Å². The fraction of sp³-hybridized carbons (Fsp3) is 0.375. The summed E-state index contributed by atoms with van der Waals surface area (Å²) in [7, 11) is 4.37. The molecule has 0 N–H and O–H groups in total. The van der Waals surface area contributed by atoms with Gasteiger partial charge in [-0.2, -0.15) is 0 Å². The largest absolute Gasteiger partial charge is 0.332 e. The van der Waals surface area contributed by atoms with Crippen LogP contribution < -0.4 is 11.2 Å². The summed E-state index contributed by atoms with van der Waals surface area (Å²) in [4.78, 5) is 37.6. The fourth-order valence-corrected chi connectivity index (χ4v) is 1.65. The Kier molecular flexibility index (Phi) is 2.00. The summed E-state index contributed by atoms with van der Waals surface area (Å²) < 4.78 is 3.49. The number of hydrogen-bond donors (Lipinski definition) is 0. The van der Waals surface area contributed by atoms with Crippen molar-refractivity contribution in [1.82, 2.24) is 18.7 Å². The van der Waals surface area contributed by atoms with Crippen molar-refractivity contribution in [1.29, 1.82) is 0 Å². The van der Waals surface area contributed by atoms with Crippen molar-refractivity contribution in [3.05, 3.63) is 25.7 Å². The summed E-state index contributed by atoms with van der Waals surface area (Å²) in [6.45, 7) is 0. The Hall–Kier alpha value is -2.25. The van der Waals surface area contributed by atoms with E-state index in [4.69, 9.17) is 0 Å². The van der Waals surface area contributed by atoms with Crippen molar-refractivity contribution in [2.75, 3.05) is 0 Å². The average molecular weight is 223 g/mol. The van der Waals surface area contributed by atoms with Gasteiger partial charge in [-0.25, -0.2) is 9.78 Å². The topological polar surface area (TPSA) is 91.2 Å². The molecule has 0 saturated heterocycles. The first-order chi connectivity index (χ1) is 7.49. The molecule has 2 heterocycles. The van der Waals surface area contributed by atoms with Gasteiger partial charge in [0.25, 0.3) is 11.5 Å². The van der Waals surface area contributed by atoms with Crippen molar-refractivity contribution in [2.24, 2.45) is 26.3 Å². The van der Waals surface area contributed by atoms with Crippen LogP contribution in [0.25, 0.3) is 11.2 Å². The zero-order chi connectivity index (χ0) is 12.0. The van der Waals surface area contributed by atoms with Gasteiger partial charge < -0.3 is 0 Å². The first kappa shape index (κ1) is 10.3. The van der Waals surface area contributed by atoms with Gasteiger partial charge in [-0.1, -0.05) is 0 Å².